The molecule has 0 bridgehead atoms. The van der Waals surface area contributed by atoms with Crippen LogP contribution >= 0.6 is 0 Å². The van der Waals surface area contributed by atoms with Crippen molar-refractivity contribution >= 4 is 23.0 Å². The van der Waals surface area contributed by atoms with Gasteiger partial charge in [0.05, 0.1) is 0 Å². The Kier molecular flexibility index (Phi) is 5.39. The lowest BCUT2D eigenvalue weighted by atomic mass is 9.99. The summed E-state index contributed by atoms with van der Waals surface area (Å²) in [7, 11) is 1.79. The monoisotopic (exact) mass is 353 g/mol. The van der Waals surface area contributed by atoms with Crippen LogP contribution in [0.2, 0.25) is 0 Å². The largest absolute Gasteiger partial charge is 0.443 e. The van der Waals surface area contributed by atoms with Crippen molar-refractivity contribution in [1.29, 1.82) is 5.41 Å². The second kappa shape index (κ2) is 7.56. The van der Waals surface area contributed by atoms with E-state index in [1.807, 2.05) is 38.1 Å². The van der Waals surface area contributed by atoms with Crippen molar-refractivity contribution in [3.8, 4) is 0 Å². The van der Waals surface area contributed by atoms with E-state index in [0.29, 0.717) is 6.54 Å². The third-order valence-electron chi connectivity index (χ3n) is 5.17. The maximum atomic E-state index is 12.7. The lowest BCUT2D eigenvalue weighted by Crippen LogP contribution is -2.46. The Morgan fingerprint density at radius 2 is 2.04 bits per heavy atom. The summed E-state index contributed by atoms with van der Waals surface area (Å²) in [5, 5.41) is 12.8. The van der Waals surface area contributed by atoms with Gasteiger partial charge in [-0.05, 0) is 62.2 Å². The molecule has 2 N–H and O–H groups in total. The number of esters is 1. The number of nitrogens with zero attached hydrogens (tertiary/aromatic N) is 1. The van der Waals surface area contributed by atoms with Gasteiger partial charge < -0.3 is 10.1 Å². The molecule has 0 radical (unpaired) electrons. The van der Waals surface area contributed by atoms with Gasteiger partial charge in [-0.15, -0.1) is 0 Å². The van der Waals surface area contributed by atoms with E-state index in [9.17, 15) is 4.79 Å². The third-order valence-corrected chi connectivity index (χ3v) is 5.17. The van der Waals surface area contributed by atoms with Crippen LogP contribution in [0.3, 0.4) is 0 Å². The van der Waals surface area contributed by atoms with Crippen LogP contribution in [-0.2, 0) is 16.1 Å². The third kappa shape index (κ3) is 3.79. The second-order valence-electron chi connectivity index (χ2n) is 7.31. The SMILES string of the molecule is CNC(C)(C)OC(=O)C1CCCN1Cc1ccc(C=N)c2ccccc12. The minimum atomic E-state index is -0.663. The zero-order chi connectivity index (χ0) is 18.7. The number of hydrogen-bond donors (Lipinski definition) is 2. The molecule has 0 saturated carbocycles. The van der Waals surface area contributed by atoms with E-state index in [1.54, 1.807) is 7.05 Å². The molecule has 0 aliphatic carbocycles. The zero-order valence-corrected chi connectivity index (χ0v) is 15.7. The number of rotatable bonds is 6. The first-order valence-corrected chi connectivity index (χ1v) is 9.12. The minimum Gasteiger partial charge on any atom is -0.443 e. The fraction of sp³-hybridized carbons (Fsp3) is 0.429. The number of likely N-dealkylation sites (tertiary alicyclic amines) is 1. The lowest BCUT2D eigenvalue weighted by molar-refractivity contribution is -0.164. The van der Waals surface area contributed by atoms with Gasteiger partial charge in [0, 0.05) is 12.8 Å². The highest BCUT2D eigenvalue weighted by molar-refractivity contribution is 6.00. The Hall–Kier alpha value is -2.24. The molecule has 3 rings (SSSR count). The number of carbonyl (C=O) groups is 1. The highest BCUT2D eigenvalue weighted by atomic mass is 16.6. The Labute approximate surface area is 154 Å². The van der Waals surface area contributed by atoms with Crippen molar-refractivity contribution in [2.75, 3.05) is 13.6 Å². The first-order valence-electron chi connectivity index (χ1n) is 9.12. The molecule has 138 valence electrons. The van der Waals surface area contributed by atoms with Gasteiger partial charge in [-0.1, -0.05) is 36.4 Å². The molecule has 1 heterocycles. The topological polar surface area (TPSA) is 65.4 Å². The van der Waals surface area contributed by atoms with Crippen LogP contribution in [0.1, 0.15) is 37.8 Å². The number of nitrogens with one attached hydrogen (secondary N) is 2. The van der Waals surface area contributed by atoms with Crippen molar-refractivity contribution in [2.45, 2.75) is 45.0 Å². The fourth-order valence-corrected chi connectivity index (χ4v) is 3.52. The van der Waals surface area contributed by atoms with E-state index < -0.39 is 5.72 Å². The number of fused-ring (bicyclic) bond motifs is 1. The van der Waals surface area contributed by atoms with Crippen LogP contribution < -0.4 is 5.32 Å². The predicted molar refractivity (Wildman–Crippen MR) is 104 cm³/mol. The number of carbonyl (C=O) groups excluding carboxylic acids is 1. The standard InChI is InChI=1S/C21H27N3O2/c1-21(2,23-3)26-20(25)19-9-6-12-24(19)14-16-11-10-15(13-22)17-7-4-5-8-18(16)17/h4-5,7-8,10-11,13,19,22-23H,6,9,12,14H2,1-3H3. The Balaban J connectivity index is 1.83. The predicted octanol–water partition coefficient (Wildman–Crippen LogP) is 3.30. The molecule has 0 spiro atoms. The summed E-state index contributed by atoms with van der Waals surface area (Å²) in [5.41, 5.74) is 1.43. The normalized spacial score (nSPS) is 18.2. The number of ether oxygens (including phenoxy) is 1. The van der Waals surface area contributed by atoms with Gasteiger partial charge in [-0.25, -0.2) is 0 Å². The fourth-order valence-electron chi connectivity index (χ4n) is 3.52. The summed E-state index contributed by atoms with van der Waals surface area (Å²) in [4.78, 5) is 14.9. The van der Waals surface area contributed by atoms with Crippen molar-refractivity contribution in [3.63, 3.8) is 0 Å². The summed E-state index contributed by atoms with van der Waals surface area (Å²) in [5.74, 6) is -0.165. The Morgan fingerprint density at radius 3 is 2.73 bits per heavy atom. The molecule has 5 heteroatoms. The molecule has 2 aromatic carbocycles. The van der Waals surface area contributed by atoms with E-state index in [-0.39, 0.29) is 12.0 Å². The quantitative estimate of drug-likeness (QED) is 0.475. The Morgan fingerprint density at radius 1 is 1.31 bits per heavy atom. The van der Waals surface area contributed by atoms with Gasteiger partial charge in [-0.2, -0.15) is 0 Å². The van der Waals surface area contributed by atoms with E-state index in [1.165, 1.54) is 11.8 Å². The number of benzene rings is 2. The van der Waals surface area contributed by atoms with E-state index in [0.717, 1.165) is 35.7 Å². The summed E-state index contributed by atoms with van der Waals surface area (Å²) in [6.45, 7) is 5.31. The van der Waals surface area contributed by atoms with Gasteiger partial charge in [-0.3, -0.25) is 15.0 Å². The summed E-state index contributed by atoms with van der Waals surface area (Å²) >= 11 is 0. The Bertz CT molecular complexity index is 816. The molecule has 1 atom stereocenters. The van der Waals surface area contributed by atoms with Gasteiger partial charge >= 0.3 is 5.97 Å². The minimum absolute atomic E-state index is 0.165. The molecular formula is C21H27N3O2. The van der Waals surface area contributed by atoms with Crippen molar-refractivity contribution in [3.05, 3.63) is 47.5 Å². The molecular weight excluding hydrogens is 326 g/mol. The first-order chi connectivity index (χ1) is 12.4. The van der Waals surface area contributed by atoms with Gasteiger partial charge in [0.15, 0.2) is 5.72 Å². The van der Waals surface area contributed by atoms with Crippen molar-refractivity contribution < 1.29 is 9.53 Å². The van der Waals surface area contributed by atoms with Crippen molar-refractivity contribution in [2.24, 2.45) is 0 Å². The van der Waals surface area contributed by atoms with Crippen LogP contribution in [0.25, 0.3) is 10.8 Å². The summed E-state index contributed by atoms with van der Waals surface area (Å²) in [6.07, 6.45) is 3.22. The molecule has 5 nitrogen and oxygen atoms in total. The molecule has 0 aromatic heterocycles. The maximum Gasteiger partial charge on any atom is 0.325 e. The first kappa shape index (κ1) is 18.5. The van der Waals surface area contributed by atoms with Gasteiger partial charge in [0.2, 0.25) is 0 Å². The van der Waals surface area contributed by atoms with Crippen LogP contribution in [0, 0.1) is 5.41 Å². The van der Waals surface area contributed by atoms with Crippen LogP contribution in [0.15, 0.2) is 36.4 Å². The summed E-state index contributed by atoms with van der Waals surface area (Å²) < 4.78 is 5.64. The average Bonchev–Trinajstić information content (AvgIpc) is 3.10. The van der Waals surface area contributed by atoms with E-state index in [2.05, 4.69) is 22.3 Å². The van der Waals surface area contributed by atoms with Gasteiger partial charge in [0.1, 0.15) is 6.04 Å². The van der Waals surface area contributed by atoms with E-state index >= 15 is 0 Å². The molecule has 1 aliphatic rings. The molecule has 26 heavy (non-hydrogen) atoms. The molecule has 1 fully saturated rings. The van der Waals surface area contributed by atoms with Gasteiger partial charge in [0.25, 0.3) is 0 Å². The van der Waals surface area contributed by atoms with Crippen LogP contribution in [0.4, 0.5) is 0 Å². The molecule has 1 saturated heterocycles. The number of hydrogen-bond acceptors (Lipinski definition) is 5. The smallest absolute Gasteiger partial charge is 0.325 e. The molecule has 1 aliphatic heterocycles. The van der Waals surface area contributed by atoms with Crippen molar-refractivity contribution in [1.82, 2.24) is 10.2 Å². The lowest BCUT2D eigenvalue weighted by Gasteiger charge is -2.29. The van der Waals surface area contributed by atoms with E-state index in [4.69, 9.17) is 10.1 Å². The summed E-state index contributed by atoms with van der Waals surface area (Å²) in [6, 6.07) is 12.0. The van der Waals surface area contributed by atoms with Crippen LogP contribution in [0.5, 0.6) is 0 Å². The molecule has 0 amide bonds. The maximum absolute atomic E-state index is 12.7. The zero-order valence-electron chi connectivity index (χ0n) is 15.7. The molecule has 1 unspecified atom stereocenters. The van der Waals surface area contributed by atoms with Crippen LogP contribution in [-0.4, -0.2) is 42.4 Å². The molecule has 2 aromatic rings. The average molecular weight is 353 g/mol. The second-order valence-corrected chi connectivity index (χ2v) is 7.31. The highest BCUT2D eigenvalue weighted by Crippen LogP contribution is 2.27. The highest BCUT2D eigenvalue weighted by Gasteiger charge is 2.34.